The van der Waals surface area contributed by atoms with E-state index in [1.54, 1.807) is 0 Å². The number of carbonyl (C=O) groups is 4. The molecule has 0 aliphatic heterocycles. The molecule has 0 amide bonds. The Bertz CT molecular complexity index is 534. The van der Waals surface area contributed by atoms with E-state index in [4.69, 9.17) is 9.84 Å². The van der Waals surface area contributed by atoms with Gasteiger partial charge in [-0.05, 0) is 13.3 Å². The first kappa shape index (κ1) is 21.9. The molecule has 11 heteroatoms. The molecule has 0 spiro atoms. The maximum Gasteiger partial charge on any atom is 0.330 e. The van der Waals surface area contributed by atoms with Crippen LogP contribution in [0, 0.1) is 0 Å². The van der Waals surface area contributed by atoms with Crippen molar-refractivity contribution in [2.75, 3.05) is 6.61 Å². The van der Waals surface area contributed by atoms with Gasteiger partial charge in [0.25, 0.3) is 0 Å². The summed E-state index contributed by atoms with van der Waals surface area (Å²) in [6.07, 6.45) is 0.836. The Morgan fingerprint density at radius 3 is 2.38 bits per heavy atom. The molecule has 0 heterocycles. The molecule has 0 saturated heterocycles. The summed E-state index contributed by atoms with van der Waals surface area (Å²) in [5.74, 6) is -3.43. The van der Waals surface area contributed by atoms with Crippen molar-refractivity contribution in [3.8, 4) is 0 Å². The van der Waals surface area contributed by atoms with Gasteiger partial charge in [0.2, 0.25) is 0 Å². The predicted octanol–water partition coefficient (Wildman–Crippen LogP) is -0.122. The molecule has 1 unspecified atom stereocenters. The zero-order valence-corrected chi connectivity index (χ0v) is 13.7. The van der Waals surface area contributed by atoms with Crippen molar-refractivity contribution in [1.82, 2.24) is 0 Å². The lowest BCUT2D eigenvalue weighted by atomic mass is 10.0. The smallest absolute Gasteiger partial charge is 0.330 e. The highest BCUT2D eigenvalue weighted by Crippen LogP contribution is 2.22. The van der Waals surface area contributed by atoms with E-state index in [1.165, 1.54) is 0 Å². The summed E-state index contributed by atoms with van der Waals surface area (Å²) in [5.41, 5.74) is 0. The van der Waals surface area contributed by atoms with Crippen LogP contribution in [0.1, 0.15) is 32.6 Å². The van der Waals surface area contributed by atoms with E-state index in [-0.39, 0.29) is 25.7 Å². The average molecular weight is 365 g/mol. The molecular weight excluding hydrogens is 346 g/mol. The summed E-state index contributed by atoms with van der Waals surface area (Å²) in [6, 6.07) is -1.71. The van der Waals surface area contributed by atoms with E-state index in [0.717, 1.165) is 13.1 Å². The highest BCUT2D eigenvalue weighted by Gasteiger charge is 2.46. The van der Waals surface area contributed by atoms with E-state index in [1.807, 2.05) is 0 Å². The summed E-state index contributed by atoms with van der Waals surface area (Å²) in [5, 5.41) is 17.6. The van der Waals surface area contributed by atoms with Gasteiger partial charge >= 0.3 is 17.9 Å². The van der Waals surface area contributed by atoms with Crippen LogP contribution in [0.2, 0.25) is 0 Å². The summed E-state index contributed by atoms with van der Waals surface area (Å²) in [7, 11) is 0. The number of aliphatic carboxylic acids is 2. The van der Waals surface area contributed by atoms with Crippen LogP contribution in [0.4, 0.5) is 0 Å². The van der Waals surface area contributed by atoms with Crippen LogP contribution < -0.4 is 0 Å². The highest BCUT2D eigenvalue weighted by molar-refractivity contribution is 7.80. The van der Waals surface area contributed by atoms with E-state index in [0.29, 0.717) is 6.29 Å². The number of aliphatic imine (C=N–C) groups is 1. The van der Waals surface area contributed by atoms with E-state index < -0.39 is 46.4 Å². The molecule has 3 N–H and O–H groups in total. The van der Waals surface area contributed by atoms with Gasteiger partial charge in [0.15, 0.2) is 17.1 Å². The molecule has 136 valence electrons. The molecular formula is C13H19NO9S. The zero-order chi connectivity index (χ0) is 18.8. The number of ether oxygens (including phenoxy) is 1. The molecule has 0 saturated carbocycles. The Morgan fingerprint density at radius 2 is 1.92 bits per heavy atom. The monoisotopic (exact) mass is 365 g/mol. The third-order valence-electron chi connectivity index (χ3n) is 2.96. The minimum Gasteiger partial charge on any atom is -0.481 e. The molecule has 0 aromatic rings. The Hall–Kier alpha value is -2.14. The SMILES string of the molecule is C[C@](COC(=O)CCCC(=O)O)([C@@H](N=CCC=O)C(=O)O)S(=O)O. The molecule has 0 bridgehead atoms. The molecule has 0 aromatic heterocycles. The van der Waals surface area contributed by atoms with Gasteiger partial charge in [-0.25, -0.2) is 9.00 Å². The quantitative estimate of drug-likeness (QED) is 0.185. The molecule has 3 atom stereocenters. The Morgan fingerprint density at radius 1 is 1.29 bits per heavy atom. The number of nitrogens with zero attached hydrogens (tertiary/aromatic N) is 1. The highest BCUT2D eigenvalue weighted by atomic mass is 32.2. The van der Waals surface area contributed by atoms with Crippen molar-refractivity contribution in [2.24, 2.45) is 4.99 Å². The number of rotatable bonds is 12. The number of esters is 1. The summed E-state index contributed by atoms with van der Waals surface area (Å²) >= 11 is -2.71. The van der Waals surface area contributed by atoms with Gasteiger partial charge in [-0.15, -0.1) is 0 Å². The van der Waals surface area contributed by atoms with E-state index >= 15 is 0 Å². The number of carboxylic acid groups (broad SMARTS) is 2. The summed E-state index contributed by atoms with van der Waals surface area (Å²) in [4.78, 5) is 47.0. The van der Waals surface area contributed by atoms with Crippen molar-refractivity contribution in [3.63, 3.8) is 0 Å². The molecule has 10 nitrogen and oxygen atoms in total. The topological polar surface area (TPSA) is 168 Å². The van der Waals surface area contributed by atoms with Crippen LogP contribution >= 0.6 is 0 Å². The van der Waals surface area contributed by atoms with Crippen molar-refractivity contribution >= 4 is 41.5 Å². The molecule has 0 radical (unpaired) electrons. The van der Waals surface area contributed by atoms with Crippen LogP contribution in [0.15, 0.2) is 4.99 Å². The van der Waals surface area contributed by atoms with Crippen LogP contribution in [0.5, 0.6) is 0 Å². The molecule has 0 fully saturated rings. The summed E-state index contributed by atoms with van der Waals surface area (Å²) < 4.78 is 23.8. The first-order chi connectivity index (χ1) is 11.1. The second-order valence-electron chi connectivity index (χ2n) is 4.94. The van der Waals surface area contributed by atoms with Gasteiger partial charge in [0, 0.05) is 25.5 Å². The van der Waals surface area contributed by atoms with Gasteiger partial charge in [-0.3, -0.25) is 14.6 Å². The van der Waals surface area contributed by atoms with Crippen LogP contribution in [-0.2, 0) is 35.0 Å². The predicted molar refractivity (Wildman–Crippen MR) is 82.2 cm³/mol. The van der Waals surface area contributed by atoms with E-state index in [2.05, 4.69) is 4.99 Å². The number of carboxylic acids is 2. The Labute approximate surface area is 140 Å². The largest absolute Gasteiger partial charge is 0.481 e. The molecule has 0 aliphatic rings. The van der Waals surface area contributed by atoms with Crippen molar-refractivity contribution in [2.45, 2.75) is 43.4 Å². The number of aldehydes is 1. The summed E-state index contributed by atoms with van der Waals surface area (Å²) in [6.45, 7) is 0.391. The second-order valence-corrected chi connectivity index (χ2v) is 6.38. The van der Waals surface area contributed by atoms with Gasteiger partial charge in [0.1, 0.15) is 17.6 Å². The number of carbonyl (C=O) groups excluding carboxylic acids is 2. The first-order valence-electron chi connectivity index (χ1n) is 6.81. The molecule has 0 aromatic carbocycles. The molecule has 24 heavy (non-hydrogen) atoms. The van der Waals surface area contributed by atoms with E-state index in [9.17, 15) is 33.0 Å². The molecule has 0 aliphatic carbocycles. The number of hydrogen-bond donors (Lipinski definition) is 3. The fourth-order valence-corrected chi connectivity index (χ4v) is 2.11. The maximum atomic E-state index is 11.6. The second kappa shape index (κ2) is 10.6. The van der Waals surface area contributed by atoms with Gasteiger partial charge < -0.3 is 24.3 Å². The zero-order valence-electron chi connectivity index (χ0n) is 12.9. The van der Waals surface area contributed by atoms with Gasteiger partial charge in [-0.2, -0.15) is 0 Å². The van der Waals surface area contributed by atoms with Gasteiger partial charge in [-0.1, -0.05) is 0 Å². The third-order valence-corrected chi connectivity index (χ3v) is 4.10. The molecule has 0 rings (SSSR count). The standard InChI is InChI=1S/C13H19NO9S/c1-13(24(21)22,11(12(19)20)14-6-3-7-15)8-23-10(18)5-2-4-9(16)17/h6-7,11H,2-5,8H2,1H3,(H,16,17)(H,19,20)(H,21,22)/t11-,13-/m0/s1. The third kappa shape index (κ3) is 7.42. The maximum absolute atomic E-state index is 11.6. The minimum absolute atomic E-state index is 0.0208. The lowest BCUT2D eigenvalue weighted by Crippen LogP contribution is -2.50. The van der Waals surface area contributed by atoms with Crippen molar-refractivity contribution < 1.29 is 42.9 Å². The normalized spacial score (nSPS) is 16.1. The minimum atomic E-state index is -2.71. The number of hydrogen-bond acceptors (Lipinski definition) is 7. The van der Waals surface area contributed by atoms with Crippen LogP contribution in [0.3, 0.4) is 0 Å². The first-order valence-corrected chi connectivity index (χ1v) is 7.92. The lowest BCUT2D eigenvalue weighted by Gasteiger charge is -2.28. The van der Waals surface area contributed by atoms with Gasteiger partial charge in [0.05, 0.1) is 0 Å². The van der Waals surface area contributed by atoms with Crippen LogP contribution in [-0.4, -0.2) is 66.8 Å². The van der Waals surface area contributed by atoms with Crippen LogP contribution in [0.25, 0.3) is 0 Å². The lowest BCUT2D eigenvalue weighted by molar-refractivity contribution is -0.147. The fourth-order valence-electron chi connectivity index (χ4n) is 1.60. The van der Waals surface area contributed by atoms with Crippen molar-refractivity contribution in [3.05, 3.63) is 0 Å². The average Bonchev–Trinajstić information content (AvgIpc) is 2.48. The van der Waals surface area contributed by atoms with Crippen molar-refractivity contribution in [1.29, 1.82) is 0 Å². The fraction of sp³-hybridized carbons (Fsp3) is 0.615. The Balaban J connectivity index is 4.98. The Kier molecular flexibility index (Phi) is 9.65.